The maximum absolute atomic E-state index is 11.7. The van der Waals surface area contributed by atoms with E-state index in [2.05, 4.69) is 5.43 Å². The van der Waals surface area contributed by atoms with Gasteiger partial charge >= 0.3 is 0 Å². The monoisotopic (exact) mass is 276 g/mol. The Morgan fingerprint density at radius 2 is 2.25 bits per heavy atom. The van der Waals surface area contributed by atoms with E-state index < -0.39 is 0 Å². The van der Waals surface area contributed by atoms with Gasteiger partial charge in [-0.15, -0.1) is 0 Å². The van der Waals surface area contributed by atoms with E-state index in [0.29, 0.717) is 19.3 Å². The number of rotatable bonds is 5. The molecule has 0 heterocycles. The first-order chi connectivity index (χ1) is 9.60. The molecule has 0 aliphatic heterocycles. The maximum Gasteiger partial charge on any atom is 0.234 e. The molecular formula is C15H20N2O3. The molecule has 1 amide bonds. The Morgan fingerprint density at radius 1 is 1.45 bits per heavy atom. The van der Waals surface area contributed by atoms with E-state index in [1.54, 1.807) is 0 Å². The van der Waals surface area contributed by atoms with Crippen LogP contribution in [0.15, 0.2) is 18.2 Å². The molecule has 2 rings (SSSR count). The van der Waals surface area contributed by atoms with Gasteiger partial charge in [-0.3, -0.25) is 15.0 Å². The predicted molar refractivity (Wildman–Crippen MR) is 75.4 cm³/mol. The normalized spacial score (nSPS) is 15.4. The van der Waals surface area contributed by atoms with Crippen LogP contribution in [0.4, 0.5) is 0 Å². The third-order valence-corrected chi connectivity index (χ3v) is 3.50. The molecule has 108 valence electrons. The summed E-state index contributed by atoms with van der Waals surface area (Å²) in [5.41, 5.74) is 3.98. The van der Waals surface area contributed by atoms with E-state index >= 15 is 0 Å². The number of fused-ring (bicyclic) bond motifs is 1. The first-order valence-corrected chi connectivity index (χ1v) is 6.92. The lowest BCUT2D eigenvalue weighted by molar-refractivity contribution is -0.121. The second kappa shape index (κ2) is 6.52. The number of carbonyl (C=O) groups excluding carboxylic acids is 2. The van der Waals surface area contributed by atoms with E-state index in [4.69, 9.17) is 10.6 Å². The Labute approximate surface area is 118 Å². The zero-order valence-electron chi connectivity index (χ0n) is 11.6. The van der Waals surface area contributed by atoms with Crippen LogP contribution in [-0.2, 0) is 11.2 Å². The highest BCUT2D eigenvalue weighted by Crippen LogP contribution is 2.26. The molecule has 1 atom stereocenters. The van der Waals surface area contributed by atoms with Gasteiger partial charge in [0, 0.05) is 18.4 Å². The van der Waals surface area contributed by atoms with Gasteiger partial charge in [0.15, 0.2) is 5.78 Å². The maximum atomic E-state index is 11.7. The molecule has 1 aromatic rings. The number of aryl methyl sites for hydroxylation is 1. The van der Waals surface area contributed by atoms with Gasteiger partial charge in [0.25, 0.3) is 0 Å². The smallest absolute Gasteiger partial charge is 0.234 e. The second-order valence-corrected chi connectivity index (χ2v) is 5.13. The number of hydrogen-bond acceptors (Lipinski definition) is 4. The average Bonchev–Trinajstić information content (AvgIpc) is 2.45. The van der Waals surface area contributed by atoms with E-state index in [0.717, 1.165) is 29.7 Å². The minimum absolute atomic E-state index is 0.0790. The molecule has 20 heavy (non-hydrogen) atoms. The molecular weight excluding hydrogens is 256 g/mol. The van der Waals surface area contributed by atoms with Gasteiger partial charge in [0.05, 0.1) is 6.10 Å². The van der Waals surface area contributed by atoms with Crippen molar-refractivity contribution in [1.82, 2.24) is 5.43 Å². The van der Waals surface area contributed by atoms with Crippen molar-refractivity contribution in [3.05, 3.63) is 29.3 Å². The molecule has 1 aromatic carbocycles. The zero-order chi connectivity index (χ0) is 14.5. The summed E-state index contributed by atoms with van der Waals surface area (Å²) in [5.74, 6) is 5.79. The number of benzene rings is 1. The largest absolute Gasteiger partial charge is 0.491 e. The molecule has 1 unspecified atom stereocenters. The summed E-state index contributed by atoms with van der Waals surface area (Å²) in [4.78, 5) is 22.8. The highest BCUT2D eigenvalue weighted by Gasteiger charge is 2.17. The van der Waals surface area contributed by atoms with Crippen molar-refractivity contribution in [3.63, 3.8) is 0 Å². The summed E-state index contributed by atoms with van der Waals surface area (Å²) >= 11 is 0. The fourth-order valence-corrected chi connectivity index (χ4v) is 2.39. The molecule has 0 aromatic heterocycles. The number of ether oxygens (including phenoxy) is 1. The summed E-state index contributed by atoms with van der Waals surface area (Å²) in [5, 5.41) is 0. The van der Waals surface area contributed by atoms with Crippen LogP contribution in [0.2, 0.25) is 0 Å². The number of nitrogens with one attached hydrogen (secondary N) is 1. The molecule has 0 fully saturated rings. The molecule has 0 radical (unpaired) electrons. The lowest BCUT2D eigenvalue weighted by Gasteiger charge is -2.18. The van der Waals surface area contributed by atoms with E-state index in [1.165, 1.54) is 0 Å². The second-order valence-electron chi connectivity index (χ2n) is 5.13. The first-order valence-electron chi connectivity index (χ1n) is 6.92. The predicted octanol–water partition coefficient (Wildman–Crippen LogP) is 1.74. The van der Waals surface area contributed by atoms with Crippen LogP contribution in [0.25, 0.3) is 0 Å². The van der Waals surface area contributed by atoms with Gasteiger partial charge < -0.3 is 4.74 Å². The molecule has 5 nitrogen and oxygen atoms in total. The van der Waals surface area contributed by atoms with Crippen molar-refractivity contribution in [2.24, 2.45) is 5.84 Å². The molecule has 1 aliphatic rings. The fraction of sp³-hybridized carbons (Fsp3) is 0.467. The molecule has 0 saturated heterocycles. The number of ketones is 1. The highest BCUT2D eigenvalue weighted by atomic mass is 16.5. The molecule has 1 aliphatic carbocycles. The average molecular weight is 276 g/mol. The summed E-state index contributed by atoms with van der Waals surface area (Å²) in [6.07, 6.45) is 3.31. The zero-order valence-corrected chi connectivity index (χ0v) is 11.6. The van der Waals surface area contributed by atoms with Gasteiger partial charge in [0.2, 0.25) is 5.91 Å². The number of carbonyl (C=O) groups is 2. The Kier molecular flexibility index (Phi) is 4.74. The third kappa shape index (κ3) is 3.57. The van der Waals surface area contributed by atoms with Gasteiger partial charge in [-0.25, -0.2) is 5.84 Å². The Bertz CT molecular complexity index is 514. The van der Waals surface area contributed by atoms with Crippen molar-refractivity contribution in [3.8, 4) is 5.75 Å². The third-order valence-electron chi connectivity index (χ3n) is 3.50. The van der Waals surface area contributed by atoms with E-state index in [9.17, 15) is 9.59 Å². The summed E-state index contributed by atoms with van der Waals surface area (Å²) in [6, 6.07) is 5.60. The number of Topliss-reactive ketones (excluding diaryl/α,β-unsaturated/α-hetero) is 1. The Balaban J connectivity index is 1.96. The van der Waals surface area contributed by atoms with Crippen molar-refractivity contribution in [2.75, 3.05) is 0 Å². The van der Waals surface area contributed by atoms with E-state index in [1.807, 2.05) is 25.1 Å². The van der Waals surface area contributed by atoms with Crippen LogP contribution in [-0.4, -0.2) is 17.8 Å². The van der Waals surface area contributed by atoms with Crippen LogP contribution >= 0.6 is 0 Å². The highest BCUT2D eigenvalue weighted by molar-refractivity contribution is 5.98. The minimum atomic E-state index is -0.198. The summed E-state index contributed by atoms with van der Waals surface area (Å²) < 4.78 is 5.78. The van der Waals surface area contributed by atoms with Crippen LogP contribution in [0.5, 0.6) is 5.75 Å². The Morgan fingerprint density at radius 3 is 3.00 bits per heavy atom. The topological polar surface area (TPSA) is 81.4 Å². The van der Waals surface area contributed by atoms with Crippen molar-refractivity contribution >= 4 is 11.7 Å². The standard InChI is InChI=1S/C15H20N2O3/c1-10(5-8-15(19)17-16)20-12-6-7-13-11(9-12)3-2-4-14(13)18/h6-7,9-10H,2-5,8,16H2,1H3,(H,17,19). The number of hydrogen-bond donors (Lipinski definition) is 2. The summed E-state index contributed by atoms with van der Waals surface area (Å²) in [7, 11) is 0. The summed E-state index contributed by atoms with van der Waals surface area (Å²) in [6.45, 7) is 1.91. The number of hydrazine groups is 1. The molecule has 0 bridgehead atoms. The SMILES string of the molecule is CC(CCC(=O)NN)Oc1ccc2c(c1)CCCC2=O. The van der Waals surface area contributed by atoms with Gasteiger partial charge in [-0.05, 0) is 49.9 Å². The lowest BCUT2D eigenvalue weighted by atomic mass is 9.90. The minimum Gasteiger partial charge on any atom is -0.491 e. The van der Waals surface area contributed by atoms with Gasteiger partial charge in [-0.2, -0.15) is 0 Å². The molecule has 5 heteroatoms. The lowest BCUT2D eigenvalue weighted by Crippen LogP contribution is -2.30. The van der Waals surface area contributed by atoms with Crippen LogP contribution in [0, 0.1) is 0 Å². The van der Waals surface area contributed by atoms with Crippen molar-refractivity contribution in [1.29, 1.82) is 0 Å². The van der Waals surface area contributed by atoms with E-state index in [-0.39, 0.29) is 17.8 Å². The molecule has 3 N–H and O–H groups in total. The van der Waals surface area contributed by atoms with Crippen LogP contribution in [0.1, 0.15) is 48.5 Å². The molecule has 0 spiro atoms. The van der Waals surface area contributed by atoms with Crippen LogP contribution in [0.3, 0.4) is 0 Å². The van der Waals surface area contributed by atoms with Gasteiger partial charge in [-0.1, -0.05) is 0 Å². The van der Waals surface area contributed by atoms with Crippen LogP contribution < -0.4 is 16.0 Å². The Hall–Kier alpha value is -1.88. The van der Waals surface area contributed by atoms with Gasteiger partial charge in [0.1, 0.15) is 5.75 Å². The van der Waals surface area contributed by atoms with Crippen molar-refractivity contribution < 1.29 is 14.3 Å². The van der Waals surface area contributed by atoms with Crippen molar-refractivity contribution in [2.45, 2.75) is 45.1 Å². The number of amides is 1. The first kappa shape index (κ1) is 14.5. The fourth-order valence-electron chi connectivity index (χ4n) is 2.39. The number of nitrogens with two attached hydrogens (primary N) is 1. The quantitative estimate of drug-likeness (QED) is 0.487. The molecule has 0 saturated carbocycles.